The van der Waals surface area contributed by atoms with Crippen LogP contribution in [0.1, 0.15) is 25.6 Å². The maximum atomic E-state index is 5.17. The lowest BCUT2D eigenvalue weighted by Crippen LogP contribution is -2.45. The van der Waals surface area contributed by atoms with Crippen LogP contribution in [0.3, 0.4) is 0 Å². The molecule has 0 bridgehead atoms. The number of nitrogens with zero attached hydrogens (tertiary/aromatic N) is 3. The van der Waals surface area contributed by atoms with E-state index in [9.17, 15) is 0 Å². The summed E-state index contributed by atoms with van der Waals surface area (Å²) < 4.78 is 5.17. The molecule has 2 N–H and O–H groups in total. The topological polar surface area (TPSA) is 66.1 Å². The van der Waals surface area contributed by atoms with Gasteiger partial charge in [-0.1, -0.05) is 6.92 Å². The molecular weight excluding hydrogens is 254 g/mol. The second-order valence-electron chi connectivity index (χ2n) is 6.17. The van der Waals surface area contributed by atoms with Gasteiger partial charge in [-0.2, -0.15) is 4.98 Å². The Hall–Kier alpha value is -1.14. The monoisotopic (exact) mass is 279 g/mol. The van der Waals surface area contributed by atoms with E-state index < -0.39 is 0 Å². The van der Waals surface area contributed by atoms with Crippen LogP contribution in [0.4, 0.5) is 5.95 Å². The van der Waals surface area contributed by atoms with Gasteiger partial charge in [0.15, 0.2) is 0 Å². The summed E-state index contributed by atoms with van der Waals surface area (Å²) in [5, 5.41) is 11.0. The zero-order valence-corrected chi connectivity index (χ0v) is 12.4. The molecule has 3 atom stereocenters. The Morgan fingerprint density at radius 1 is 1.45 bits per heavy atom. The molecule has 2 saturated heterocycles. The molecule has 20 heavy (non-hydrogen) atoms. The molecule has 2 fully saturated rings. The number of hydrogen-bond donors (Lipinski definition) is 2. The summed E-state index contributed by atoms with van der Waals surface area (Å²) >= 11 is 0. The first kappa shape index (κ1) is 13.8. The van der Waals surface area contributed by atoms with Crippen molar-refractivity contribution < 1.29 is 4.74 Å². The average molecular weight is 279 g/mol. The highest BCUT2D eigenvalue weighted by Crippen LogP contribution is 2.29. The summed E-state index contributed by atoms with van der Waals surface area (Å²) in [6, 6.07) is 0.573. The van der Waals surface area contributed by atoms with Gasteiger partial charge in [-0.25, -0.2) is 0 Å². The Morgan fingerprint density at radius 3 is 3.20 bits per heavy atom. The van der Waals surface area contributed by atoms with Gasteiger partial charge in [-0.05, 0) is 24.7 Å². The third kappa shape index (κ3) is 2.81. The highest BCUT2D eigenvalue weighted by Gasteiger charge is 2.36. The molecule has 0 saturated carbocycles. The molecule has 112 valence electrons. The smallest absolute Gasteiger partial charge is 0.245 e. The molecule has 0 aromatic carbocycles. The van der Waals surface area contributed by atoms with Crippen molar-refractivity contribution in [2.24, 2.45) is 11.8 Å². The molecule has 3 heterocycles. The number of anilines is 1. The summed E-state index contributed by atoms with van der Waals surface area (Å²) in [6.07, 6.45) is 3.46. The second-order valence-corrected chi connectivity index (χ2v) is 6.17. The van der Waals surface area contributed by atoms with Gasteiger partial charge in [0.2, 0.25) is 5.95 Å². The fraction of sp³-hybridized carbons (Fsp3) is 0.857. The Balaban J connectivity index is 1.66. The minimum Gasteiger partial charge on any atom is -0.384 e. The lowest BCUT2D eigenvalue weighted by atomic mass is 9.92. The third-order valence-corrected chi connectivity index (χ3v) is 4.45. The van der Waals surface area contributed by atoms with Crippen molar-refractivity contribution in [2.75, 3.05) is 38.3 Å². The van der Waals surface area contributed by atoms with Crippen LogP contribution >= 0.6 is 0 Å². The number of hydrogen-bond acceptors (Lipinski definition) is 5. The summed E-state index contributed by atoms with van der Waals surface area (Å²) in [6.45, 7) is 6.21. The van der Waals surface area contributed by atoms with Crippen LogP contribution in [0.2, 0.25) is 0 Å². The zero-order chi connectivity index (χ0) is 13.9. The molecule has 0 aliphatic carbocycles. The Labute approximate surface area is 120 Å². The summed E-state index contributed by atoms with van der Waals surface area (Å²) in [5.41, 5.74) is 0. The largest absolute Gasteiger partial charge is 0.384 e. The van der Waals surface area contributed by atoms with Crippen LogP contribution < -0.4 is 10.2 Å². The van der Waals surface area contributed by atoms with Crippen molar-refractivity contribution in [3.8, 4) is 0 Å². The molecule has 1 aromatic rings. The molecule has 2 aliphatic heterocycles. The van der Waals surface area contributed by atoms with Crippen molar-refractivity contribution in [3.05, 3.63) is 5.82 Å². The molecule has 2 aliphatic rings. The molecule has 6 heteroatoms. The Morgan fingerprint density at radius 2 is 2.35 bits per heavy atom. The van der Waals surface area contributed by atoms with Crippen molar-refractivity contribution >= 4 is 5.95 Å². The fourth-order valence-corrected chi connectivity index (χ4v) is 3.49. The number of aromatic nitrogens is 3. The summed E-state index contributed by atoms with van der Waals surface area (Å²) in [4.78, 5) is 7.08. The predicted octanol–water partition coefficient (Wildman–Crippen LogP) is 0.818. The van der Waals surface area contributed by atoms with Gasteiger partial charge in [0, 0.05) is 45.8 Å². The zero-order valence-electron chi connectivity index (χ0n) is 12.4. The molecule has 0 radical (unpaired) electrons. The predicted molar refractivity (Wildman–Crippen MR) is 77.9 cm³/mol. The van der Waals surface area contributed by atoms with Gasteiger partial charge in [0.05, 0.1) is 0 Å². The van der Waals surface area contributed by atoms with Gasteiger partial charge in [-0.15, -0.1) is 5.10 Å². The van der Waals surface area contributed by atoms with E-state index in [2.05, 4.69) is 27.3 Å². The van der Waals surface area contributed by atoms with E-state index in [4.69, 9.17) is 9.72 Å². The lowest BCUT2D eigenvalue weighted by Gasteiger charge is -2.36. The minimum atomic E-state index is 0.461. The van der Waals surface area contributed by atoms with Crippen molar-refractivity contribution in [3.63, 3.8) is 0 Å². The SMILES string of the molecule is COCC(C)Cc1nc(N2CCCC3CNCC32)n[nH]1. The number of nitrogens with one attached hydrogen (secondary N) is 2. The number of ether oxygens (including phenoxy) is 1. The molecule has 1 aromatic heterocycles. The molecule has 6 nitrogen and oxygen atoms in total. The molecule has 0 amide bonds. The highest BCUT2D eigenvalue weighted by molar-refractivity contribution is 5.33. The van der Waals surface area contributed by atoms with Crippen molar-refractivity contribution in [2.45, 2.75) is 32.2 Å². The van der Waals surface area contributed by atoms with Crippen molar-refractivity contribution in [1.82, 2.24) is 20.5 Å². The fourth-order valence-electron chi connectivity index (χ4n) is 3.49. The quantitative estimate of drug-likeness (QED) is 0.835. The van der Waals surface area contributed by atoms with Gasteiger partial charge in [0.25, 0.3) is 0 Å². The van der Waals surface area contributed by atoms with Crippen LogP contribution in [0, 0.1) is 11.8 Å². The Bertz CT molecular complexity index is 435. The molecule has 0 spiro atoms. The summed E-state index contributed by atoms with van der Waals surface area (Å²) in [7, 11) is 1.74. The van der Waals surface area contributed by atoms with Gasteiger partial charge in [0.1, 0.15) is 5.82 Å². The molecular formula is C14H25N5O. The van der Waals surface area contributed by atoms with Gasteiger partial charge >= 0.3 is 0 Å². The Kier molecular flexibility index (Phi) is 4.21. The second kappa shape index (κ2) is 6.10. The van der Waals surface area contributed by atoms with Crippen molar-refractivity contribution in [1.29, 1.82) is 0 Å². The average Bonchev–Trinajstić information content (AvgIpc) is 3.06. The van der Waals surface area contributed by atoms with Gasteiger partial charge < -0.3 is 15.0 Å². The normalized spacial score (nSPS) is 27.6. The molecule has 3 unspecified atom stereocenters. The maximum Gasteiger partial charge on any atom is 0.245 e. The number of rotatable bonds is 5. The lowest BCUT2D eigenvalue weighted by molar-refractivity contribution is 0.159. The first-order valence-electron chi connectivity index (χ1n) is 7.65. The van der Waals surface area contributed by atoms with Gasteiger partial charge in [-0.3, -0.25) is 5.10 Å². The number of aromatic amines is 1. The van der Waals surface area contributed by atoms with Crippen LogP contribution in [0.25, 0.3) is 0 Å². The van der Waals surface area contributed by atoms with Crippen LogP contribution in [-0.4, -0.2) is 54.6 Å². The first-order chi connectivity index (χ1) is 9.78. The molecule has 3 rings (SSSR count). The number of piperidine rings is 1. The van der Waals surface area contributed by atoms with E-state index in [1.54, 1.807) is 7.11 Å². The minimum absolute atomic E-state index is 0.461. The van der Waals surface area contributed by atoms with E-state index in [0.29, 0.717) is 12.0 Å². The van der Waals surface area contributed by atoms with Crippen LogP contribution in [-0.2, 0) is 11.2 Å². The van der Waals surface area contributed by atoms with E-state index >= 15 is 0 Å². The van der Waals surface area contributed by atoms with Crippen LogP contribution in [0.15, 0.2) is 0 Å². The highest BCUT2D eigenvalue weighted by atomic mass is 16.5. The number of H-pyrrole nitrogens is 1. The first-order valence-corrected chi connectivity index (χ1v) is 7.65. The van der Waals surface area contributed by atoms with E-state index in [0.717, 1.165) is 50.4 Å². The van der Waals surface area contributed by atoms with E-state index in [-0.39, 0.29) is 0 Å². The van der Waals surface area contributed by atoms with Crippen LogP contribution in [0.5, 0.6) is 0 Å². The number of methoxy groups -OCH3 is 1. The maximum absolute atomic E-state index is 5.17. The standard InChI is InChI=1S/C14H25N5O/c1-10(9-20-2)6-13-16-14(18-17-13)19-5-3-4-11-7-15-8-12(11)19/h10-12,15H,3-9H2,1-2H3,(H,16,17,18). The van der Waals surface area contributed by atoms with E-state index in [1.165, 1.54) is 12.8 Å². The third-order valence-electron chi connectivity index (χ3n) is 4.45. The number of fused-ring (bicyclic) bond motifs is 1. The summed E-state index contributed by atoms with van der Waals surface area (Å²) in [5.74, 6) is 3.07. The van der Waals surface area contributed by atoms with E-state index in [1.807, 2.05) is 0 Å².